The van der Waals surface area contributed by atoms with Crippen molar-refractivity contribution in [2.24, 2.45) is 5.92 Å². The normalized spacial score (nSPS) is 13.4. The molecule has 11 heteroatoms. The van der Waals surface area contributed by atoms with Crippen LogP contribution in [0.2, 0.25) is 5.02 Å². The van der Waals surface area contributed by atoms with Crippen molar-refractivity contribution in [3.8, 4) is 0 Å². The van der Waals surface area contributed by atoms with Gasteiger partial charge in [-0.15, -0.1) is 0 Å². The largest absolute Gasteiger partial charge is 0.465 e. The molecule has 186 valence electrons. The van der Waals surface area contributed by atoms with E-state index in [-0.39, 0.29) is 27.9 Å². The Hall–Kier alpha value is -3.01. The fourth-order valence-electron chi connectivity index (χ4n) is 3.38. The number of rotatable bonds is 8. The summed E-state index contributed by atoms with van der Waals surface area (Å²) in [4.78, 5) is 40.5. The molecule has 0 bridgehead atoms. The molecule has 34 heavy (non-hydrogen) atoms. The molecule has 0 spiro atoms. The van der Waals surface area contributed by atoms with Gasteiger partial charge in [-0.2, -0.15) is 13.2 Å². The van der Waals surface area contributed by atoms with E-state index in [9.17, 15) is 27.6 Å². The number of carbonyl (C=O) groups excluding carboxylic acids is 3. The van der Waals surface area contributed by atoms with Crippen LogP contribution in [-0.2, 0) is 20.4 Å². The van der Waals surface area contributed by atoms with Gasteiger partial charge in [-0.25, -0.2) is 9.59 Å². The fraction of sp³-hybridized carbons (Fsp3) is 0.435. The molecule has 1 heterocycles. The number of alkyl halides is 3. The molecule has 0 fully saturated rings. The Kier molecular flexibility index (Phi) is 8.41. The monoisotopic (exact) mass is 502 g/mol. The van der Waals surface area contributed by atoms with E-state index >= 15 is 0 Å². The number of esters is 2. The Morgan fingerprint density at radius 2 is 1.74 bits per heavy atom. The summed E-state index contributed by atoms with van der Waals surface area (Å²) in [5.41, 5.74) is 0.329. The standard InChI is InChI=1S/C23H26ClF3N2O5/c1-10(2)18(29-16-8-7-14(9-15(16)24)23(25,26)27)22(32)34-13(5)20(30)19-11(3)17(12(4)28-19)21(31)33-6/h7-10,13,18,28-29H,1-6H3/t13-,18-/m0/s1. The first-order valence-electron chi connectivity index (χ1n) is 10.3. The minimum atomic E-state index is -4.56. The van der Waals surface area contributed by atoms with Crippen LogP contribution in [0.4, 0.5) is 18.9 Å². The van der Waals surface area contributed by atoms with E-state index in [0.29, 0.717) is 11.3 Å². The number of ketones is 1. The van der Waals surface area contributed by atoms with Crippen molar-refractivity contribution >= 4 is 35.0 Å². The first-order valence-corrected chi connectivity index (χ1v) is 10.7. The minimum absolute atomic E-state index is 0.109. The van der Waals surface area contributed by atoms with Gasteiger partial charge in [-0.05, 0) is 50.5 Å². The second kappa shape index (κ2) is 10.5. The Bertz CT molecular complexity index is 1100. The van der Waals surface area contributed by atoms with Crippen LogP contribution in [0.15, 0.2) is 18.2 Å². The lowest BCUT2D eigenvalue weighted by molar-refractivity contribution is -0.148. The number of nitrogens with one attached hydrogen (secondary N) is 2. The summed E-state index contributed by atoms with van der Waals surface area (Å²) >= 11 is 5.99. The molecule has 0 radical (unpaired) electrons. The highest BCUT2D eigenvalue weighted by Crippen LogP contribution is 2.34. The molecule has 7 nitrogen and oxygen atoms in total. The van der Waals surface area contributed by atoms with Crippen LogP contribution in [0.3, 0.4) is 0 Å². The number of aryl methyl sites for hydroxylation is 1. The zero-order valence-electron chi connectivity index (χ0n) is 19.5. The third-order valence-electron chi connectivity index (χ3n) is 5.26. The quantitative estimate of drug-likeness (QED) is 0.373. The van der Waals surface area contributed by atoms with Crippen molar-refractivity contribution in [2.45, 2.75) is 52.9 Å². The molecule has 0 aliphatic rings. The summed E-state index contributed by atoms with van der Waals surface area (Å²) in [6.45, 7) is 7.97. The van der Waals surface area contributed by atoms with E-state index in [0.717, 1.165) is 18.2 Å². The number of halogens is 4. The molecular formula is C23H26ClF3N2O5. The number of anilines is 1. The highest BCUT2D eigenvalue weighted by atomic mass is 35.5. The number of methoxy groups -OCH3 is 1. The maximum absolute atomic E-state index is 12.9. The Morgan fingerprint density at radius 1 is 1.12 bits per heavy atom. The molecule has 2 atom stereocenters. The van der Waals surface area contributed by atoms with Gasteiger partial charge < -0.3 is 19.8 Å². The average Bonchev–Trinajstić information content (AvgIpc) is 3.04. The van der Waals surface area contributed by atoms with Crippen LogP contribution in [0.5, 0.6) is 0 Å². The summed E-state index contributed by atoms with van der Waals surface area (Å²) < 4.78 is 48.7. The number of hydrogen-bond acceptors (Lipinski definition) is 6. The second-order valence-electron chi connectivity index (χ2n) is 8.12. The van der Waals surface area contributed by atoms with Gasteiger partial charge in [0.1, 0.15) is 6.04 Å². The average molecular weight is 503 g/mol. The van der Waals surface area contributed by atoms with Gasteiger partial charge in [0.15, 0.2) is 6.10 Å². The number of Topliss-reactive ketones (excluding diaryl/α,β-unsaturated/α-hetero) is 1. The van der Waals surface area contributed by atoms with E-state index in [1.807, 2.05) is 0 Å². The van der Waals surface area contributed by atoms with Gasteiger partial charge >= 0.3 is 18.1 Å². The molecule has 0 saturated heterocycles. The lowest BCUT2D eigenvalue weighted by atomic mass is 10.0. The van der Waals surface area contributed by atoms with E-state index in [4.69, 9.17) is 21.1 Å². The van der Waals surface area contributed by atoms with Crippen LogP contribution in [0.1, 0.15) is 58.4 Å². The van der Waals surface area contributed by atoms with E-state index in [1.165, 1.54) is 14.0 Å². The maximum atomic E-state index is 12.9. The van der Waals surface area contributed by atoms with Crippen LogP contribution in [-0.4, -0.2) is 42.0 Å². The summed E-state index contributed by atoms with van der Waals surface area (Å²) in [6.07, 6.45) is -5.77. The van der Waals surface area contributed by atoms with Gasteiger partial charge in [0.05, 0.1) is 34.6 Å². The molecule has 2 rings (SSSR count). The third-order valence-corrected chi connectivity index (χ3v) is 5.58. The van der Waals surface area contributed by atoms with Crippen LogP contribution >= 0.6 is 11.6 Å². The molecule has 0 aliphatic heterocycles. The molecule has 2 N–H and O–H groups in total. The smallest absolute Gasteiger partial charge is 0.416 e. The zero-order chi connectivity index (χ0) is 26.0. The number of carbonyl (C=O) groups is 3. The van der Waals surface area contributed by atoms with Crippen LogP contribution < -0.4 is 5.32 Å². The molecule has 0 aliphatic carbocycles. The predicted octanol–water partition coefficient (Wildman–Crippen LogP) is 5.34. The summed E-state index contributed by atoms with van der Waals surface area (Å²) in [5, 5.41) is 2.58. The Morgan fingerprint density at radius 3 is 2.24 bits per heavy atom. The van der Waals surface area contributed by atoms with Crippen molar-refractivity contribution in [2.75, 3.05) is 12.4 Å². The van der Waals surface area contributed by atoms with E-state index < -0.39 is 41.6 Å². The van der Waals surface area contributed by atoms with Crippen LogP contribution in [0.25, 0.3) is 0 Å². The first kappa shape index (κ1) is 27.2. The molecule has 0 unspecified atom stereocenters. The van der Waals surface area contributed by atoms with Crippen molar-refractivity contribution in [3.63, 3.8) is 0 Å². The number of aromatic amines is 1. The summed E-state index contributed by atoms with van der Waals surface area (Å²) in [6, 6.07) is 1.73. The zero-order valence-corrected chi connectivity index (χ0v) is 20.3. The van der Waals surface area contributed by atoms with Crippen molar-refractivity contribution < 1.29 is 37.0 Å². The Balaban J connectivity index is 2.20. The predicted molar refractivity (Wildman–Crippen MR) is 120 cm³/mol. The lowest BCUT2D eigenvalue weighted by Crippen LogP contribution is -2.39. The summed E-state index contributed by atoms with van der Waals surface area (Å²) in [7, 11) is 1.22. The fourth-order valence-corrected chi connectivity index (χ4v) is 3.62. The van der Waals surface area contributed by atoms with Gasteiger partial charge in [-0.3, -0.25) is 4.79 Å². The Labute approximate surface area is 200 Å². The molecule has 1 aromatic heterocycles. The molecule has 0 saturated carbocycles. The first-order chi connectivity index (χ1) is 15.7. The SMILES string of the molecule is COC(=O)c1c(C)[nH]c(C(=O)[C@H](C)OC(=O)[C@@H](Nc2ccc(C(F)(F)F)cc2Cl)C(C)C)c1C. The van der Waals surface area contributed by atoms with Crippen molar-refractivity contribution in [3.05, 3.63) is 51.3 Å². The van der Waals surface area contributed by atoms with E-state index in [1.54, 1.807) is 27.7 Å². The van der Waals surface area contributed by atoms with Crippen LogP contribution in [0, 0.1) is 19.8 Å². The second-order valence-corrected chi connectivity index (χ2v) is 8.53. The highest BCUT2D eigenvalue weighted by molar-refractivity contribution is 6.33. The maximum Gasteiger partial charge on any atom is 0.416 e. The minimum Gasteiger partial charge on any atom is -0.465 e. The topological polar surface area (TPSA) is 97.5 Å². The number of benzene rings is 1. The lowest BCUT2D eigenvalue weighted by Gasteiger charge is -2.24. The third kappa shape index (κ3) is 5.91. The number of aromatic nitrogens is 1. The van der Waals surface area contributed by atoms with Gasteiger partial charge in [0, 0.05) is 5.69 Å². The molecule has 1 aromatic carbocycles. The number of ether oxygens (including phenoxy) is 2. The molecule has 2 aromatic rings. The van der Waals surface area contributed by atoms with Gasteiger partial charge in [0.25, 0.3) is 0 Å². The van der Waals surface area contributed by atoms with Gasteiger partial charge in [0.2, 0.25) is 5.78 Å². The molecular weight excluding hydrogens is 477 g/mol. The van der Waals surface area contributed by atoms with Crippen molar-refractivity contribution in [1.29, 1.82) is 0 Å². The van der Waals surface area contributed by atoms with Gasteiger partial charge in [-0.1, -0.05) is 25.4 Å². The molecule has 0 amide bonds. The number of H-pyrrole nitrogens is 1. The highest BCUT2D eigenvalue weighted by Gasteiger charge is 2.33. The van der Waals surface area contributed by atoms with E-state index in [2.05, 4.69) is 10.3 Å². The summed E-state index contributed by atoms with van der Waals surface area (Å²) in [5.74, 6) is -2.30. The van der Waals surface area contributed by atoms with Crippen molar-refractivity contribution in [1.82, 2.24) is 4.98 Å². The number of hydrogen-bond donors (Lipinski definition) is 2.